The van der Waals surface area contributed by atoms with Crippen LogP contribution in [0, 0.1) is 0 Å². The van der Waals surface area contributed by atoms with Crippen molar-refractivity contribution in [2.75, 3.05) is 24.3 Å². The summed E-state index contributed by atoms with van der Waals surface area (Å²) in [7, 11) is 3.65. The van der Waals surface area contributed by atoms with Crippen molar-refractivity contribution in [2.45, 2.75) is 38.6 Å². The van der Waals surface area contributed by atoms with Crippen LogP contribution in [0.5, 0.6) is 0 Å². The zero-order valence-electron chi connectivity index (χ0n) is 17.7. The summed E-state index contributed by atoms with van der Waals surface area (Å²) in [6.07, 6.45) is -2.33. The predicted octanol–water partition coefficient (Wildman–Crippen LogP) is 3.93. The monoisotopic (exact) mass is 435 g/mol. The largest absolute Gasteiger partial charge is 0.433 e. The molecule has 0 spiro atoms. The first-order chi connectivity index (χ1) is 14.3. The summed E-state index contributed by atoms with van der Waals surface area (Å²) in [5, 5.41) is 17.9. The zero-order valence-corrected chi connectivity index (χ0v) is 17.7. The molecule has 2 heterocycles. The van der Waals surface area contributed by atoms with Crippen molar-refractivity contribution in [3.63, 3.8) is 0 Å². The molecule has 10 heteroatoms. The maximum absolute atomic E-state index is 12.9. The lowest BCUT2D eigenvalue weighted by molar-refractivity contribution is -0.141. The number of aryl methyl sites for hydroxylation is 1. The van der Waals surface area contributed by atoms with Gasteiger partial charge < -0.3 is 15.3 Å². The zero-order chi connectivity index (χ0) is 23.0. The van der Waals surface area contributed by atoms with E-state index in [0.717, 1.165) is 23.2 Å². The first kappa shape index (κ1) is 22.5. The Labute approximate surface area is 177 Å². The minimum absolute atomic E-state index is 0.331. The van der Waals surface area contributed by atoms with Crippen molar-refractivity contribution >= 4 is 28.2 Å². The quantitative estimate of drug-likeness (QED) is 0.613. The first-order valence-corrected chi connectivity index (χ1v) is 9.60. The number of nitrogens with one attached hydrogen (secondary N) is 1. The Bertz CT molecular complexity index is 1100. The molecule has 31 heavy (non-hydrogen) atoms. The first-order valence-electron chi connectivity index (χ1n) is 9.60. The molecule has 0 unspecified atom stereocenters. The highest BCUT2D eigenvalue weighted by atomic mass is 19.4. The summed E-state index contributed by atoms with van der Waals surface area (Å²) in [5.41, 5.74) is -0.454. The lowest BCUT2D eigenvalue weighted by Gasteiger charge is -2.16. The molecular weight excluding hydrogens is 411 g/mol. The van der Waals surface area contributed by atoms with Gasteiger partial charge in [0.2, 0.25) is 0 Å². The van der Waals surface area contributed by atoms with Gasteiger partial charge in [0.1, 0.15) is 16.9 Å². The number of hydrogen-bond acceptors (Lipinski definition) is 5. The molecule has 0 aliphatic carbocycles. The molecule has 3 aromatic rings. The number of nitrogens with zero attached hydrogens (tertiary/aromatic N) is 4. The second kappa shape index (κ2) is 8.18. The molecule has 0 radical (unpaired) electrons. The van der Waals surface area contributed by atoms with Crippen LogP contribution in [0.25, 0.3) is 10.9 Å². The van der Waals surface area contributed by atoms with E-state index in [0.29, 0.717) is 24.2 Å². The van der Waals surface area contributed by atoms with E-state index in [9.17, 15) is 23.1 Å². The molecule has 0 bridgehead atoms. The molecule has 0 aliphatic rings. The maximum atomic E-state index is 12.9. The van der Waals surface area contributed by atoms with Crippen LogP contribution in [0.15, 0.2) is 36.5 Å². The molecular formula is C21H24F3N5O2. The highest BCUT2D eigenvalue weighted by Crippen LogP contribution is 2.30. The van der Waals surface area contributed by atoms with Crippen molar-refractivity contribution in [3.8, 4) is 0 Å². The number of rotatable bonds is 6. The Kier molecular flexibility index (Phi) is 5.95. The lowest BCUT2D eigenvalue weighted by Crippen LogP contribution is -2.21. The fourth-order valence-corrected chi connectivity index (χ4v) is 3.00. The second-order valence-electron chi connectivity index (χ2n) is 8.14. The van der Waals surface area contributed by atoms with Crippen LogP contribution >= 0.6 is 0 Å². The molecule has 0 saturated carbocycles. The third kappa shape index (κ3) is 5.52. The average molecular weight is 435 g/mol. The minimum Gasteiger partial charge on any atom is -0.390 e. The summed E-state index contributed by atoms with van der Waals surface area (Å²) >= 11 is 0. The number of fused-ring (bicyclic) bond motifs is 1. The molecule has 1 aromatic carbocycles. The van der Waals surface area contributed by atoms with E-state index in [4.69, 9.17) is 0 Å². The van der Waals surface area contributed by atoms with Crippen molar-refractivity contribution < 1.29 is 23.1 Å². The van der Waals surface area contributed by atoms with E-state index in [1.54, 1.807) is 36.9 Å². The van der Waals surface area contributed by atoms with Gasteiger partial charge in [0, 0.05) is 37.9 Å². The van der Waals surface area contributed by atoms with Gasteiger partial charge in [-0.15, -0.1) is 0 Å². The molecule has 2 aromatic heterocycles. The fraction of sp³-hybridized carbons (Fsp3) is 0.381. The van der Waals surface area contributed by atoms with E-state index in [1.807, 2.05) is 19.0 Å². The number of amides is 1. The molecule has 2 N–H and O–H groups in total. The Morgan fingerprint density at radius 1 is 1.23 bits per heavy atom. The normalized spacial score (nSPS) is 12.3. The van der Waals surface area contributed by atoms with Crippen LogP contribution < -0.4 is 10.2 Å². The lowest BCUT2D eigenvalue weighted by atomic mass is 10.1. The number of aromatic nitrogens is 3. The SMILES string of the molecule is CN(C)c1cc(NC(=O)c2cccc(C(F)(F)F)n2)cc2cn(CCC(C)(C)O)nc12. The molecule has 7 nitrogen and oxygen atoms in total. The number of benzene rings is 1. The summed E-state index contributed by atoms with van der Waals surface area (Å²) in [4.78, 5) is 17.8. The molecule has 0 fully saturated rings. The Balaban J connectivity index is 1.91. The van der Waals surface area contributed by atoms with Crippen molar-refractivity contribution in [1.82, 2.24) is 14.8 Å². The van der Waals surface area contributed by atoms with Gasteiger partial charge in [-0.1, -0.05) is 6.07 Å². The Morgan fingerprint density at radius 2 is 1.94 bits per heavy atom. The van der Waals surface area contributed by atoms with E-state index < -0.39 is 23.4 Å². The van der Waals surface area contributed by atoms with Crippen LogP contribution in [0.4, 0.5) is 24.5 Å². The van der Waals surface area contributed by atoms with Gasteiger partial charge >= 0.3 is 6.18 Å². The van der Waals surface area contributed by atoms with Gasteiger partial charge in [-0.05, 0) is 44.5 Å². The maximum Gasteiger partial charge on any atom is 0.433 e. The Morgan fingerprint density at radius 3 is 2.55 bits per heavy atom. The molecule has 1 amide bonds. The minimum atomic E-state index is -4.63. The van der Waals surface area contributed by atoms with Gasteiger partial charge in [-0.3, -0.25) is 9.48 Å². The fourth-order valence-electron chi connectivity index (χ4n) is 3.00. The molecule has 3 rings (SSSR count). The van der Waals surface area contributed by atoms with Gasteiger partial charge in [0.05, 0.1) is 11.3 Å². The molecule has 0 saturated heterocycles. The van der Waals surface area contributed by atoms with E-state index in [1.165, 1.54) is 6.07 Å². The number of pyridine rings is 1. The van der Waals surface area contributed by atoms with E-state index in [2.05, 4.69) is 15.4 Å². The number of alkyl halides is 3. The number of aliphatic hydroxyl groups is 1. The average Bonchev–Trinajstić information content (AvgIpc) is 3.07. The summed E-state index contributed by atoms with van der Waals surface area (Å²) in [6, 6.07) is 6.58. The van der Waals surface area contributed by atoms with Gasteiger partial charge in [0.15, 0.2) is 0 Å². The number of hydrogen-bond donors (Lipinski definition) is 2. The predicted molar refractivity (Wildman–Crippen MR) is 112 cm³/mol. The summed E-state index contributed by atoms with van der Waals surface area (Å²) < 4.78 is 40.4. The van der Waals surface area contributed by atoms with Crippen molar-refractivity contribution in [3.05, 3.63) is 47.9 Å². The highest BCUT2D eigenvalue weighted by molar-refractivity contribution is 6.05. The standard InChI is InChI=1S/C21H24F3N5O2/c1-20(2,31)8-9-29-12-13-10-14(11-16(28(3)4)18(13)27-29)25-19(30)15-6-5-7-17(26-15)21(22,23)24/h5-7,10-12,31H,8-9H2,1-4H3,(H,25,30). The van der Waals surface area contributed by atoms with Gasteiger partial charge in [-0.25, -0.2) is 4.98 Å². The van der Waals surface area contributed by atoms with Crippen LogP contribution in [0.1, 0.15) is 36.5 Å². The van der Waals surface area contributed by atoms with Crippen LogP contribution in [-0.2, 0) is 12.7 Å². The van der Waals surface area contributed by atoms with E-state index in [-0.39, 0.29) is 5.69 Å². The van der Waals surface area contributed by atoms with E-state index >= 15 is 0 Å². The number of halogens is 3. The smallest absolute Gasteiger partial charge is 0.390 e. The topological polar surface area (TPSA) is 83.3 Å². The third-order valence-corrected chi connectivity index (χ3v) is 4.60. The molecule has 0 atom stereocenters. The van der Waals surface area contributed by atoms with Gasteiger partial charge in [0.25, 0.3) is 5.91 Å². The van der Waals surface area contributed by atoms with Gasteiger partial charge in [-0.2, -0.15) is 18.3 Å². The number of carbonyl (C=O) groups excluding carboxylic acids is 1. The van der Waals surface area contributed by atoms with Crippen LogP contribution in [0.2, 0.25) is 0 Å². The van der Waals surface area contributed by atoms with Crippen molar-refractivity contribution in [1.29, 1.82) is 0 Å². The summed E-state index contributed by atoms with van der Waals surface area (Å²) in [6.45, 7) is 3.94. The van der Waals surface area contributed by atoms with Crippen LogP contribution in [0.3, 0.4) is 0 Å². The number of carbonyl (C=O) groups is 1. The number of anilines is 2. The molecule has 0 aliphatic heterocycles. The highest BCUT2D eigenvalue weighted by Gasteiger charge is 2.33. The van der Waals surface area contributed by atoms with Crippen molar-refractivity contribution in [2.24, 2.45) is 0 Å². The van der Waals surface area contributed by atoms with Crippen LogP contribution in [-0.4, -0.2) is 45.5 Å². The second-order valence-corrected chi connectivity index (χ2v) is 8.14. The summed E-state index contributed by atoms with van der Waals surface area (Å²) in [5.74, 6) is -0.746. The third-order valence-electron chi connectivity index (χ3n) is 4.60. The Hall–Kier alpha value is -3.14. The molecule has 166 valence electrons.